The summed E-state index contributed by atoms with van der Waals surface area (Å²) in [5.41, 5.74) is 2.22. The van der Waals surface area contributed by atoms with E-state index in [4.69, 9.17) is 9.47 Å². The van der Waals surface area contributed by atoms with Crippen LogP contribution in [0, 0.1) is 25.7 Å². The summed E-state index contributed by atoms with van der Waals surface area (Å²) in [6.45, 7) is 13.8. The molecule has 1 saturated carbocycles. The largest absolute Gasteiger partial charge is 0.493 e. The van der Waals surface area contributed by atoms with E-state index in [2.05, 4.69) is 26.1 Å². The Kier molecular flexibility index (Phi) is 7.10. The van der Waals surface area contributed by atoms with Gasteiger partial charge in [-0.25, -0.2) is 0 Å². The van der Waals surface area contributed by atoms with Crippen molar-refractivity contribution in [2.45, 2.75) is 72.8 Å². The minimum atomic E-state index is -0.685. The van der Waals surface area contributed by atoms with E-state index in [1.165, 1.54) is 0 Å². The molecule has 146 valence electrons. The second-order valence-electron chi connectivity index (χ2n) is 8.21. The topological polar surface area (TPSA) is 47.6 Å². The van der Waals surface area contributed by atoms with Gasteiger partial charge in [0.2, 0.25) is 0 Å². The molecule has 1 amide bonds. The molecule has 1 aliphatic rings. The first-order valence-corrected chi connectivity index (χ1v) is 9.97. The van der Waals surface area contributed by atoms with Crippen LogP contribution in [-0.2, 0) is 9.53 Å². The molecule has 0 saturated heterocycles. The van der Waals surface area contributed by atoms with Crippen LogP contribution in [0.3, 0.4) is 0 Å². The van der Waals surface area contributed by atoms with Crippen LogP contribution < -0.4 is 10.1 Å². The maximum atomic E-state index is 13.0. The Labute approximate surface area is 158 Å². The van der Waals surface area contributed by atoms with Gasteiger partial charge in [0.05, 0.1) is 6.61 Å². The minimum Gasteiger partial charge on any atom is -0.493 e. The average Bonchev–Trinajstić information content (AvgIpc) is 2.56. The van der Waals surface area contributed by atoms with Gasteiger partial charge in [0.25, 0.3) is 5.91 Å². The first-order valence-electron chi connectivity index (χ1n) is 9.97. The van der Waals surface area contributed by atoms with Crippen LogP contribution in [0.15, 0.2) is 12.1 Å². The summed E-state index contributed by atoms with van der Waals surface area (Å²) in [6, 6.07) is 3.98. The Morgan fingerprint density at radius 1 is 1.23 bits per heavy atom. The van der Waals surface area contributed by atoms with Crippen molar-refractivity contribution in [1.29, 1.82) is 0 Å². The summed E-state index contributed by atoms with van der Waals surface area (Å²) in [5, 5.41) is 3.11. The minimum absolute atomic E-state index is 0.0131. The normalized spacial score (nSPS) is 23.1. The summed E-state index contributed by atoms with van der Waals surface area (Å²) in [5.74, 6) is 2.05. The quantitative estimate of drug-likeness (QED) is 0.720. The van der Waals surface area contributed by atoms with Crippen LogP contribution in [-0.4, -0.2) is 24.7 Å². The van der Waals surface area contributed by atoms with Crippen LogP contribution in [0.2, 0.25) is 0 Å². The van der Waals surface area contributed by atoms with Gasteiger partial charge in [-0.1, -0.05) is 20.8 Å². The summed E-state index contributed by atoms with van der Waals surface area (Å²) in [4.78, 5) is 13.0. The molecule has 0 radical (unpaired) electrons. The Morgan fingerprint density at radius 3 is 2.31 bits per heavy atom. The van der Waals surface area contributed by atoms with E-state index in [1.807, 2.05) is 32.9 Å². The van der Waals surface area contributed by atoms with Crippen molar-refractivity contribution in [3.63, 3.8) is 0 Å². The molecular weight excluding hydrogens is 326 g/mol. The fourth-order valence-electron chi connectivity index (χ4n) is 3.69. The molecule has 0 heterocycles. The lowest BCUT2D eigenvalue weighted by atomic mass is 9.78. The Balaban J connectivity index is 2.14. The van der Waals surface area contributed by atoms with E-state index in [1.54, 1.807) is 0 Å². The van der Waals surface area contributed by atoms with E-state index in [9.17, 15) is 4.79 Å². The molecule has 1 fully saturated rings. The van der Waals surface area contributed by atoms with Crippen LogP contribution >= 0.6 is 0 Å². The van der Waals surface area contributed by atoms with Gasteiger partial charge in [0, 0.05) is 12.3 Å². The number of benzene rings is 1. The number of anilines is 1. The van der Waals surface area contributed by atoms with Gasteiger partial charge in [0.15, 0.2) is 0 Å². The van der Waals surface area contributed by atoms with E-state index >= 15 is 0 Å². The van der Waals surface area contributed by atoms with E-state index in [0.717, 1.165) is 48.2 Å². The second-order valence-corrected chi connectivity index (χ2v) is 8.21. The zero-order chi connectivity index (χ0) is 19.3. The zero-order valence-corrected chi connectivity index (χ0v) is 17.3. The van der Waals surface area contributed by atoms with Crippen LogP contribution in [0.1, 0.15) is 64.5 Å². The first kappa shape index (κ1) is 20.8. The molecule has 4 heteroatoms. The van der Waals surface area contributed by atoms with Crippen molar-refractivity contribution in [3.05, 3.63) is 23.3 Å². The highest BCUT2D eigenvalue weighted by Gasteiger charge is 2.41. The lowest BCUT2D eigenvalue weighted by Gasteiger charge is -2.37. The number of amides is 1. The predicted molar refractivity (Wildman–Crippen MR) is 107 cm³/mol. The molecule has 0 aromatic heterocycles. The standard InChI is InChI=1S/C22H35NO3/c1-7-26-22(10-8-16(4)9-11-22)21(24)23-19-12-17(5)20(18(6)13-19)25-14-15(2)3/h12-13,15-16H,7-11,14H2,1-6H3,(H,23,24). The molecule has 1 aromatic rings. The number of hydrogen-bond donors (Lipinski definition) is 1. The molecule has 26 heavy (non-hydrogen) atoms. The number of hydrogen-bond acceptors (Lipinski definition) is 3. The van der Waals surface area contributed by atoms with Crippen LogP contribution in [0.5, 0.6) is 5.75 Å². The van der Waals surface area contributed by atoms with E-state index in [0.29, 0.717) is 25.0 Å². The fourth-order valence-corrected chi connectivity index (χ4v) is 3.69. The molecule has 0 aliphatic heterocycles. The van der Waals surface area contributed by atoms with Crippen molar-refractivity contribution >= 4 is 11.6 Å². The Bertz CT molecular complexity index is 593. The van der Waals surface area contributed by atoms with Crippen LogP contribution in [0.4, 0.5) is 5.69 Å². The lowest BCUT2D eigenvalue weighted by molar-refractivity contribution is -0.146. The highest BCUT2D eigenvalue weighted by molar-refractivity contribution is 5.97. The summed E-state index contributed by atoms with van der Waals surface area (Å²) < 4.78 is 11.9. The van der Waals surface area contributed by atoms with Crippen molar-refractivity contribution in [1.82, 2.24) is 0 Å². The SMILES string of the molecule is CCOC1(C(=O)Nc2cc(C)c(OCC(C)C)c(C)c2)CCC(C)CC1. The number of carbonyl (C=O) groups is 1. The molecule has 0 unspecified atom stereocenters. The van der Waals surface area contributed by atoms with Crippen LogP contribution in [0.25, 0.3) is 0 Å². The predicted octanol–water partition coefficient (Wildman–Crippen LogP) is 5.26. The summed E-state index contributed by atoms with van der Waals surface area (Å²) >= 11 is 0. The third-order valence-corrected chi connectivity index (χ3v) is 5.20. The van der Waals surface area contributed by atoms with Crippen molar-refractivity contribution in [2.75, 3.05) is 18.5 Å². The molecule has 0 atom stereocenters. The average molecular weight is 362 g/mol. The van der Waals surface area contributed by atoms with Gasteiger partial charge >= 0.3 is 0 Å². The zero-order valence-electron chi connectivity index (χ0n) is 17.3. The number of carbonyl (C=O) groups excluding carboxylic acids is 1. The Hall–Kier alpha value is -1.55. The molecule has 2 rings (SSSR count). The molecule has 1 N–H and O–H groups in total. The fraction of sp³-hybridized carbons (Fsp3) is 0.682. The van der Waals surface area contributed by atoms with Gasteiger partial charge < -0.3 is 14.8 Å². The highest BCUT2D eigenvalue weighted by atomic mass is 16.5. The van der Waals surface area contributed by atoms with Gasteiger partial charge in [-0.15, -0.1) is 0 Å². The number of ether oxygens (including phenoxy) is 2. The highest BCUT2D eigenvalue weighted by Crippen LogP contribution is 2.36. The van der Waals surface area contributed by atoms with Gasteiger partial charge in [0.1, 0.15) is 11.4 Å². The second kappa shape index (κ2) is 8.90. The monoisotopic (exact) mass is 361 g/mol. The third kappa shape index (κ3) is 5.00. The lowest BCUT2D eigenvalue weighted by Crippen LogP contribution is -2.48. The first-order chi connectivity index (χ1) is 12.3. The maximum absolute atomic E-state index is 13.0. The van der Waals surface area contributed by atoms with E-state index < -0.39 is 5.60 Å². The van der Waals surface area contributed by atoms with Gasteiger partial charge in [-0.2, -0.15) is 0 Å². The molecular formula is C22H35NO3. The molecule has 0 bridgehead atoms. The number of rotatable bonds is 7. The number of aryl methyl sites for hydroxylation is 2. The van der Waals surface area contributed by atoms with Crippen molar-refractivity contribution in [3.8, 4) is 5.75 Å². The molecule has 4 nitrogen and oxygen atoms in total. The molecule has 1 aliphatic carbocycles. The van der Waals surface area contributed by atoms with Crippen molar-refractivity contribution in [2.24, 2.45) is 11.8 Å². The smallest absolute Gasteiger partial charge is 0.256 e. The van der Waals surface area contributed by atoms with Gasteiger partial charge in [-0.3, -0.25) is 4.79 Å². The summed E-state index contributed by atoms with van der Waals surface area (Å²) in [6.07, 6.45) is 3.66. The Morgan fingerprint density at radius 2 is 1.81 bits per heavy atom. The number of nitrogens with one attached hydrogen (secondary N) is 1. The summed E-state index contributed by atoms with van der Waals surface area (Å²) in [7, 11) is 0. The molecule has 0 spiro atoms. The van der Waals surface area contributed by atoms with Gasteiger partial charge in [-0.05, 0) is 81.5 Å². The van der Waals surface area contributed by atoms with E-state index in [-0.39, 0.29) is 5.91 Å². The third-order valence-electron chi connectivity index (χ3n) is 5.20. The van der Waals surface area contributed by atoms with Crippen molar-refractivity contribution < 1.29 is 14.3 Å². The molecule has 1 aromatic carbocycles. The maximum Gasteiger partial charge on any atom is 0.256 e.